The molecule has 0 nitrogen and oxygen atoms in total. The number of hydrogen-bond donors (Lipinski definition) is 0. The fourth-order valence-electron chi connectivity index (χ4n) is 0.541. The quantitative estimate of drug-likeness (QED) is 0.629. The fraction of sp³-hybridized carbons (Fsp3) is 0. The van der Waals surface area contributed by atoms with Crippen LogP contribution in [0.1, 0.15) is 0 Å². The predicted octanol–water partition coefficient (Wildman–Crippen LogP) is 3.52. The first-order chi connectivity index (χ1) is 4.30. The van der Waals surface area contributed by atoms with E-state index in [2.05, 4.69) is 0 Å². The Hall–Kier alpha value is 0.520. The van der Waals surface area contributed by atoms with Gasteiger partial charge in [0.2, 0.25) is 0 Å². The molecule has 0 aliphatic rings. The highest BCUT2D eigenvalue weighted by Gasteiger charge is 1.99. The monoisotopic (exact) mass is 214 g/mol. The molecule has 1 aromatic rings. The Labute approximate surface area is 77.3 Å². The zero-order valence-electron chi connectivity index (χ0n) is 5.00. The maximum absolute atomic E-state index is 5.63. The average Bonchev–Trinajstić information content (AvgIpc) is 1.90. The lowest BCUT2D eigenvalue weighted by atomic mass is 10.4. The normalized spacial score (nSPS) is 9.10. The minimum absolute atomic E-state index is 0. The first kappa shape index (κ1) is 10.5. The minimum atomic E-state index is -0.951. The third kappa shape index (κ3) is 3.07. The molecule has 0 N–H and O–H groups in total. The maximum atomic E-state index is 5.63. The van der Waals surface area contributed by atoms with Gasteiger partial charge in [0.05, 0.1) is 0 Å². The Balaban J connectivity index is 0.000000810. The summed E-state index contributed by atoms with van der Waals surface area (Å²) in [4.78, 5) is 0. The number of halogens is 3. The van der Waals surface area contributed by atoms with Gasteiger partial charge in [-0.1, -0.05) is 52.8 Å². The molecule has 56 valence electrons. The molecule has 0 saturated carbocycles. The third-order valence-electron chi connectivity index (χ3n) is 0.951. The molecule has 0 radical (unpaired) electrons. The molecule has 0 fully saturated rings. The highest BCUT2D eigenvalue weighted by molar-refractivity contribution is 8.08. The Morgan fingerprint density at radius 1 is 1.00 bits per heavy atom. The largest absolute Gasteiger partial charge is 0.147 e. The van der Waals surface area contributed by atoms with Crippen LogP contribution in [-0.4, -0.2) is 0 Å². The first-order valence-electron chi connectivity index (χ1n) is 2.47. The molecule has 0 heterocycles. The van der Waals surface area contributed by atoms with E-state index in [4.69, 9.17) is 22.5 Å². The van der Waals surface area contributed by atoms with Crippen molar-refractivity contribution in [2.75, 3.05) is 0 Å². The summed E-state index contributed by atoms with van der Waals surface area (Å²) in [6.45, 7) is -0.951. The van der Waals surface area contributed by atoms with Crippen LogP contribution in [0.25, 0.3) is 0 Å². The molecule has 0 bridgehead atoms. The maximum Gasteiger partial charge on any atom is 0.116 e. The number of benzene rings is 1. The molecule has 4 heteroatoms. The van der Waals surface area contributed by atoms with Crippen molar-refractivity contribution in [1.82, 2.24) is 0 Å². The summed E-state index contributed by atoms with van der Waals surface area (Å²) < 4.78 is 0. The van der Waals surface area contributed by atoms with Gasteiger partial charge >= 0.3 is 0 Å². The van der Waals surface area contributed by atoms with Crippen molar-refractivity contribution >= 4 is 46.8 Å². The summed E-state index contributed by atoms with van der Waals surface area (Å²) in [5.74, 6) is 0. The summed E-state index contributed by atoms with van der Waals surface area (Å²) in [6.07, 6.45) is 0. The molecule has 0 aliphatic carbocycles. The van der Waals surface area contributed by atoms with Gasteiger partial charge in [0.25, 0.3) is 0 Å². The van der Waals surface area contributed by atoms with Crippen LogP contribution in [0.4, 0.5) is 0 Å². The van der Waals surface area contributed by atoms with E-state index in [0.717, 1.165) is 5.30 Å². The first-order valence-corrected chi connectivity index (χ1v) is 5.62. The van der Waals surface area contributed by atoms with Crippen molar-refractivity contribution in [3.05, 3.63) is 30.3 Å². The average molecular weight is 215 g/mol. The van der Waals surface area contributed by atoms with Crippen LogP contribution in [0.2, 0.25) is 0 Å². The second-order valence-corrected chi connectivity index (χ2v) is 5.10. The summed E-state index contributed by atoms with van der Waals surface area (Å²) in [5, 5.41) is 1.01. The van der Waals surface area contributed by atoms with E-state index in [9.17, 15) is 0 Å². The van der Waals surface area contributed by atoms with Crippen LogP contribution in [0.5, 0.6) is 0 Å². The Kier molecular flexibility index (Phi) is 5.48. The van der Waals surface area contributed by atoms with Crippen LogP contribution in [0.15, 0.2) is 30.3 Å². The standard InChI is InChI=1S/C6H5Cl2P.ClH/c7-9(8)6-4-2-1-3-5-6;/h1-5H;1H. The van der Waals surface area contributed by atoms with Gasteiger partial charge in [0.15, 0.2) is 0 Å². The lowest BCUT2D eigenvalue weighted by molar-refractivity contribution is 1.78. The van der Waals surface area contributed by atoms with E-state index >= 15 is 0 Å². The van der Waals surface area contributed by atoms with Crippen molar-refractivity contribution in [2.24, 2.45) is 0 Å². The Morgan fingerprint density at radius 2 is 1.50 bits per heavy atom. The summed E-state index contributed by atoms with van der Waals surface area (Å²) in [5.41, 5.74) is 0. The van der Waals surface area contributed by atoms with Crippen molar-refractivity contribution < 1.29 is 0 Å². The van der Waals surface area contributed by atoms with Crippen molar-refractivity contribution in [3.8, 4) is 0 Å². The van der Waals surface area contributed by atoms with Crippen LogP contribution in [-0.2, 0) is 0 Å². The molecule has 0 aromatic heterocycles. The van der Waals surface area contributed by atoms with Crippen LogP contribution < -0.4 is 5.30 Å². The lowest BCUT2D eigenvalue weighted by Crippen LogP contribution is -1.89. The minimum Gasteiger partial charge on any atom is -0.147 e. The molecule has 0 spiro atoms. The zero-order valence-corrected chi connectivity index (χ0v) is 8.22. The van der Waals surface area contributed by atoms with E-state index in [0.29, 0.717) is 0 Å². The van der Waals surface area contributed by atoms with Gasteiger partial charge in [-0.05, 0) is 0 Å². The molecule has 0 aliphatic heterocycles. The van der Waals surface area contributed by atoms with Gasteiger partial charge in [0.1, 0.15) is 6.63 Å². The van der Waals surface area contributed by atoms with Gasteiger partial charge in [-0.3, -0.25) is 0 Å². The van der Waals surface area contributed by atoms with Gasteiger partial charge in [-0.2, -0.15) is 0 Å². The summed E-state index contributed by atoms with van der Waals surface area (Å²) in [6, 6.07) is 9.64. The highest BCUT2D eigenvalue weighted by atomic mass is 35.9. The van der Waals surface area contributed by atoms with Gasteiger partial charge < -0.3 is 0 Å². The molecule has 10 heavy (non-hydrogen) atoms. The topological polar surface area (TPSA) is 0 Å². The summed E-state index contributed by atoms with van der Waals surface area (Å²) >= 11 is 11.3. The Bertz CT molecular complexity index is 176. The van der Waals surface area contributed by atoms with Crippen LogP contribution in [0.3, 0.4) is 0 Å². The van der Waals surface area contributed by atoms with E-state index in [-0.39, 0.29) is 12.4 Å². The molecule has 0 saturated heterocycles. The molecule has 0 amide bonds. The van der Waals surface area contributed by atoms with Crippen molar-refractivity contribution in [1.29, 1.82) is 0 Å². The second kappa shape index (κ2) is 5.21. The van der Waals surface area contributed by atoms with Gasteiger partial charge in [-0.15, -0.1) is 12.4 Å². The highest BCUT2D eigenvalue weighted by Crippen LogP contribution is 2.44. The molecular weight excluding hydrogens is 209 g/mol. The summed E-state index contributed by atoms with van der Waals surface area (Å²) in [7, 11) is 0. The number of hydrogen-bond acceptors (Lipinski definition) is 0. The smallest absolute Gasteiger partial charge is 0.116 e. The Morgan fingerprint density at radius 3 is 1.80 bits per heavy atom. The molecule has 0 unspecified atom stereocenters. The van der Waals surface area contributed by atoms with E-state index in [1.54, 1.807) is 0 Å². The lowest BCUT2D eigenvalue weighted by Gasteiger charge is -1.96. The molecule has 0 atom stereocenters. The number of rotatable bonds is 1. The van der Waals surface area contributed by atoms with Gasteiger partial charge in [0, 0.05) is 5.30 Å². The molecule has 1 rings (SSSR count). The van der Waals surface area contributed by atoms with E-state index < -0.39 is 6.63 Å². The van der Waals surface area contributed by atoms with Crippen LogP contribution >= 0.6 is 41.5 Å². The van der Waals surface area contributed by atoms with Crippen molar-refractivity contribution in [2.45, 2.75) is 0 Å². The fourth-order valence-corrected chi connectivity index (χ4v) is 1.61. The predicted molar refractivity (Wildman–Crippen MR) is 52.0 cm³/mol. The molecular formula is C6H6Cl3P. The van der Waals surface area contributed by atoms with E-state index in [1.165, 1.54) is 0 Å². The van der Waals surface area contributed by atoms with Crippen molar-refractivity contribution in [3.63, 3.8) is 0 Å². The zero-order chi connectivity index (χ0) is 6.69. The van der Waals surface area contributed by atoms with Crippen LogP contribution in [0, 0.1) is 0 Å². The SMILES string of the molecule is Cl.ClP(Cl)c1ccccc1. The second-order valence-electron chi connectivity index (χ2n) is 1.57. The third-order valence-corrected chi connectivity index (χ3v) is 2.81. The molecule has 1 aromatic carbocycles. The van der Waals surface area contributed by atoms with E-state index in [1.807, 2.05) is 30.3 Å². The van der Waals surface area contributed by atoms with Gasteiger partial charge in [-0.25, -0.2) is 0 Å².